The highest BCUT2D eigenvalue weighted by Crippen LogP contribution is 2.28. The lowest BCUT2D eigenvalue weighted by molar-refractivity contribution is -0.116. The van der Waals surface area contributed by atoms with Crippen LogP contribution >= 0.6 is 0 Å². The topological polar surface area (TPSA) is 98.7 Å². The number of fused-ring (bicyclic) bond motifs is 1. The predicted molar refractivity (Wildman–Crippen MR) is 127 cm³/mol. The number of hydrogen-bond acceptors (Lipinski definition) is 7. The third-order valence-corrected chi connectivity index (χ3v) is 8.54. The molecule has 3 aliphatic heterocycles. The van der Waals surface area contributed by atoms with E-state index in [0.717, 1.165) is 30.2 Å². The van der Waals surface area contributed by atoms with Crippen molar-refractivity contribution < 1.29 is 13.2 Å². The molecule has 5 rings (SSSR count). The number of anilines is 3. The van der Waals surface area contributed by atoms with Crippen molar-refractivity contribution >= 4 is 33.4 Å². The van der Waals surface area contributed by atoms with Gasteiger partial charge in [0.1, 0.15) is 5.82 Å². The zero-order valence-corrected chi connectivity index (χ0v) is 19.8. The number of carbonyl (C=O) groups is 1. The monoisotopic (exact) mass is 470 g/mol. The molecule has 33 heavy (non-hydrogen) atoms. The third kappa shape index (κ3) is 4.54. The first kappa shape index (κ1) is 22.1. The van der Waals surface area contributed by atoms with Crippen LogP contribution in [0.4, 0.5) is 17.5 Å². The first-order valence-electron chi connectivity index (χ1n) is 11.7. The van der Waals surface area contributed by atoms with Crippen molar-refractivity contribution in [3.05, 3.63) is 35.5 Å². The van der Waals surface area contributed by atoms with Gasteiger partial charge in [0.2, 0.25) is 21.9 Å². The molecule has 10 heteroatoms. The fraction of sp³-hybridized carbons (Fsp3) is 0.522. The molecule has 0 radical (unpaired) electrons. The molecule has 1 N–H and O–H groups in total. The smallest absolute Gasteiger partial charge is 0.243 e. The minimum Gasteiger partial charge on any atom is -0.356 e. The average molecular weight is 471 g/mol. The van der Waals surface area contributed by atoms with E-state index in [-0.39, 0.29) is 10.8 Å². The molecule has 2 aromatic rings. The van der Waals surface area contributed by atoms with Gasteiger partial charge in [0.25, 0.3) is 0 Å². The quantitative estimate of drug-likeness (QED) is 0.731. The van der Waals surface area contributed by atoms with Gasteiger partial charge in [-0.15, -0.1) is 0 Å². The number of amides is 1. The van der Waals surface area contributed by atoms with Gasteiger partial charge in [-0.1, -0.05) is 0 Å². The molecule has 1 aromatic heterocycles. The first-order valence-corrected chi connectivity index (χ1v) is 13.1. The van der Waals surface area contributed by atoms with Crippen LogP contribution in [0, 0.1) is 6.92 Å². The number of carbonyl (C=O) groups excluding carboxylic acids is 1. The minimum atomic E-state index is -3.60. The Bertz CT molecular complexity index is 1150. The van der Waals surface area contributed by atoms with Gasteiger partial charge in [0.05, 0.1) is 4.90 Å². The zero-order valence-electron chi connectivity index (χ0n) is 19.0. The lowest BCUT2D eigenvalue weighted by Crippen LogP contribution is -2.49. The average Bonchev–Trinajstić information content (AvgIpc) is 2.84. The molecule has 0 bridgehead atoms. The van der Waals surface area contributed by atoms with E-state index < -0.39 is 10.0 Å². The van der Waals surface area contributed by atoms with Crippen LogP contribution < -0.4 is 15.1 Å². The Hall–Kier alpha value is -2.72. The predicted octanol–water partition coefficient (Wildman–Crippen LogP) is 2.17. The van der Waals surface area contributed by atoms with Crippen molar-refractivity contribution in [1.82, 2.24) is 14.3 Å². The maximum Gasteiger partial charge on any atom is 0.243 e. The molecule has 0 aliphatic carbocycles. The summed E-state index contributed by atoms with van der Waals surface area (Å²) in [6.45, 7) is 5.88. The number of piperazine rings is 1. The van der Waals surface area contributed by atoms with Crippen molar-refractivity contribution in [2.24, 2.45) is 0 Å². The van der Waals surface area contributed by atoms with Gasteiger partial charge in [0, 0.05) is 63.1 Å². The van der Waals surface area contributed by atoms with Gasteiger partial charge >= 0.3 is 0 Å². The number of rotatable bonds is 4. The lowest BCUT2D eigenvalue weighted by Gasteiger charge is -2.35. The largest absolute Gasteiger partial charge is 0.356 e. The Kier molecular flexibility index (Phi) is 5.96. The highest BCUT2D eigenvalue weighted by molar-refractivity contribution is 7.89. The lowest BCUT2D eigenvalue weighted by atomic mass is 10.0. The maximum atomic E-state index is 13.3. The van der Waals surface area contributed by atoms with Gasteiger partial charge in [-0.05, 0) is 56.4 Å². The molecule has 2 saturated heterocycles. The van der Waals surface area contributed by atoms with Crippen molar-refractivity contribution in [1.29, 1.82) is 0 Å². The highest BCUT2D eigenvalue weighted by Gasteiger charge is 2.30. The van der Waals surface area contributed by atoms with Crippen molar-refractivity contribution in [2.45, 2.75) is 43.9 Å². The molecule has 0 spiro atoms. The Labute approximate surface area is 194 Å². The van der Waals surface area contributed by atoms with E-state index in [1.807, 2.05) is 13.0 Å². The molecule has 0 saturated carbocycles. The molecule has 176 valence electrons. The third-order valence-electron chi connectivity index (χ3n) is 6.64. The number of piperidine rings is 1. The number of benzene rings is 1. The summed E-state index contributed by atoms with van der Waals surface area (Å²) in [6, 6.07) is 7.01. The van der Waals surface area contributed by atoms with Gasteiger partial charge in [-0.3, -0.25) is 4.79 Å². The molecular formula is C23H30N6O3S. The van der Waals surface area contributed by atoms with Crippen molar-refractivity contribution in [3.8, 4) is 0 Å². The van der Waals surface area contributed by atoms with Gasteiger partial charge in [0.15, 0.2) is 0 Å². The van der Waals surface area contributed by atoms with Crippen LogP contribution in [0.15, 0.2) is 29.2 Å². The van der Waals surface area contributed by atoms with Crippen LogP contribution in [-0.2, 0) is 21.2 Å². The Morgan fingerprint density at radius 3 is 2.39 bits per heavy atom. The Morgan fingerprint density at radius 1 is 0.879 bits per heavy atom. The number of aromatic nitrogens is 2. The standard InChI is InChI=1S/C23H30N6O3S/c1-17-15-21(27-9-3-2-4-10-27)26-23(24-17)28-11-13-29(14-12-28)33(31,32)19-6-7-20-18(16-19)5-8-22(30)25-20/h6-7,15-16H,2-5,8-14H2,1H3,(H,25,30). The van der Waals surface area contributed by atoms with Gasteiger partial charge in [-0.25, -0.2) is 13.4 Å². The van der Waals surface area contributed by atoms with Crippen LogP contribution in [0.3, 0.4) is 0 Å². The molecule has 0 unspecified atom stereocenters. The SMILES string of the molecule is Cc1cc(N2CCCCC2)nc(N2CCN(S(=O)(=O)c3ccc4c(c3)CCC(=O)N4)CC2)n1. The molecule has 3 aliphatic rings. The van der Waals surface area contributed by atoms with Crippen molar-refractivity contribution in [3.63, 3.8) is 0 Å². The minimum absolute atomic E-state index is 0.0314. The normalized spacial score (nSPS) is 19.8. The summed E-state index contributed by atoms with van der Waals surface area (Å²) in [7, 11) is -3.60. The summed E-state index contributed by atoms with van der Waals surface area (Å²) in [4.78, 5) is 25.7. The van der Waals surface area contributed by atoms with Gasteiger partial charge < -0.3 is 15.1 Å². The van der Waals surface area contributed by atoms with E-state index in [1.54, 1.807) is 18.2 Å². The Balaban J connectivity index is 1.29. The first-order chi connectivity index (χ1) is 15.9. The molecule has 2 fully saturated rings. The van der Waals surface area contributed by atoms with Crippen LogP contribution in [0.1, 0.15) is 36.9 Å². The highest BCUT2D eigenvalue weighted by atomic mass is 32.2. The molecular weight excluding hydrogens is 440 g/mol. The fourth-order valence-corrected chi connectivity index (χ4v) is 6.23. The van der Waals surface area contributed by atoms with E-state index in [4.69, 9.17) is 4.98 Å². The second-order valence-electron chi connectivity index (χ2n) is 8.97. The number of nitrogens with one attached hydrogen (secondary N) is 1. The van der Waals surface area contributed by atoms with E-state index in [2.05, 4.69) is 20.1 Å². The molecule has 9 nitrogen and oxygen atoms in total. The second-order valence-corrected chi connectivity index (χ2v) is 10.9. The van der Waals surface area contributed by atoms with Crippen molar-refractivity contribution in [2.75, 3.05) is 54.4 Å². The number of hydrogen-bond donors (Lipinski definition) is 1. The summed E-state index contributed by atoms with van der Waals surface area (Å²) in [5.74, 6) is 1.61. The van der Waals surface area contributed by atoms with Crippen LogP contribution in [0.2, 0.25) is 0 Å². The summed E-state index contributed by atoms with van der Waals surface area (Å²) in [6.07, 6.45) is 4.57. The van der Waals surface area contributed by atoms with E-state index in [0.29, 0.717) is 50.7 Å². The number of sulfonamides is 1. The summed E-state index contributed by atoms with van der Waals surface area (Å²) in [5, 5.41) is 2.80. The van der Waals surface area contributed by atoms with E-state index >= 15 is 0 Å². The summed E-state index contributed by atoms with van der Waals surface area (Å²) < 4.78 is 28.1. The molecule has 4 heterocycles. The summed E-state index contributed by atoms with van der Waals surface area (Å²) in [5.41, 5.74) is 2.50. The molecule has 1 aromatic carbocycles. The fourth-order valence-electron chi connectivity index (χ4n) is 4.76. The van der Waals surface area contributed by atoms with Gasteiger partial charge in [-0.2, -0.15) is 9.29 Å². The Morgan fingerprint density at radius 2 is 1.64 bits per heavy atom. The van der Waals surface area contributed by atoms with Crippen LogP contribution in [0.25, 0.3) is 0 Å². The van der Waals surface area contributed by atoms with E-state index in [1.165, 1.54) is 23.6 Å². The van der Waals surface area contributed by atoms with Crippen LogP contribution in [-0.4, -0.2) is 67.9 Å². The second kappa shape index (κ2) is 8.90. The van der Waals surface area contributed by atoms with E-state index in [9.17, 15) is 13.2 Å². The molecule has 0 atom stereocenters. The number of nitrogens with zero attached hydrogens (tertiary/aromatic N) is 5. The number of aryl methyl sites for hydroxylation is 2. The summed E-state index contributed by atoms with van der Waals surface area (Å²) >= 11 is 0. The zero-order chi connectivity index (χ0) is 23.0. The maximum absolute atomic E-state index is 13.3. The van der Waals surface area contributed by atoms with Crippen LogP contribution in [0.5, 0.6) is 0 Å². The molecule has 1 amide bonds.